The fraction of sp³-hybridized carbons (Fsp3) is 0.389. The molecule has 2 aromatic rings. The Balaban J connectivity index is 1.96. The lowest BCUT2D eigenvalue weighted by atomic mass is 10.0. The summed E-state index contributed by atoms with van der Waals surface area (Å²) in [7, 11) is 0. The van der Waals surface area contributed by atoms with Gasteiger partial charge in [-0.05, 0) is 49.4 Å². The standard InChI is InChI=1S/C18H24N2/c1-13(2)11-16-6-8-17(9-7-16)12-19-18-10-5-14(3)20-15(18)4/h5-10,13,19H,11-12H2,1-4H3. The maximum Gasteiger partial charge on any atom is 0.0606 e. The van der Waals surface area contributed by atoms with E-state index < -0.39 is 0 Å². The normalized spacial score (nSPS) is 10.8. The van der Waals surface area contributed by atoms with E-state index in [1.165, 1.54) is 11.1 Å². The van der Waals surface area contributed by atoms with Crippen molar-refractivity contribution in [1.82, 2.24) is 4.98 Å². The second-order valence-electron chi connectivity index (χ2n) is 5.85. The molecule has 0 spiro atoms. The summed E-state index contributed by atoms with van der Waals surface area (Å²) in [5.74, 6) is 0.709. The first-order valence-corrected chi connectivity index (χ1v) is 7.30. The summed E-state index contributed by atoms with van der Waals surface area (Å²) in [6.07, 6.45) is 1.15. The van der Waals surface area contributed by atoms with Gasteiger partial charge < -0.3 is 5.32 Å². The molecule has 0 aliphatic heterocycles. The Bertz CT molecular complexity index is 556. The molecular formula is C18H24N2. The Hall–Kier alpha value is -1.83. The van der Waals surface area contributed by atoms with Crippen molar-refractivity contribution in [2.45, 2.75) is 40.7 Å². The van der Waals surface area contributed by atoms with Gasteiger partial charge in [0.25, 0.3) is 0 Å². The first kappa shape index (κ1) is 14.6. The monoisotopic (exact) mass is 268 g/mol. The molecule has 0 fully saturated rings. The van der Waals surface area contributed by atoms with Crippen molar-refractivity contribution in [2.75, 3.05) is 5.32 Å². The topological polar surface area (TPSA) is 24.9 Å². The first-order valence-electron chi connectivity index (χ1n) is 7.30. The van der Waals surface area contributed by atoms with E-state index in [0.29, 0.717) is 5.92 Å². The summed E-state index contributed by atoms with van der Waals surface area (Å²) in [5, 5.41) is 3.45. The number of rotatable bonds is 5. The van der Waals surface area contributed by atoms with Gasteiger partial charge in [0.2, 0.25) is 0 Å². The molecule has 1 heterocycles. The van der Waals surface area contributed by atoms with Crippen LogP contribution in [0.1, 0.15) is 36.4 Å². The molecule has 1 aromatic heterocycles. The molecule has 0 bridgehead atoms. The molecule has 0 radical (unpaired) electrons. The molecule has 2 rings (SSSR count). The Labute approximate surface area is 122 Å². The number of pyridine rings is 1. The maximum absolute atomic E-state index is 4.47. The van der Waals surface area contributed by atoms with Gasteiger partial charge in [-0.1, -0.05) is 38.1 Å². The second-order valence-corrected chi connectivity index (χ2v) is 5.85. The third-order valence-electron chi connectivity index (χ3n) is 3.37. The largest absolute Gasteiger partial charge is 0.380 e. The zero-order valence-corrected chi connectivity index (χ0v) is 12.9. The van der Waals surface area contributed by atoms with Gasteiger partial charge in [-0.2, -0.15) is 0 Å². The van der Waals surface area contributed by atoms with Gasteiger partial charge in [0.05, 0.1) is 11.4 Å². The minimum Gasteiger partial charge on any atom is -0.380 e. The molecule has 0 unspecified atom stereocenters. The van der Waals surface area contributed by atoms with Crippen LogP contribution in [0.15, 0.2) is 36.4 Å². The van der Waals surface area contributed by atoms with E-state index in [4.69, 9.17) is 0 Å². The van der Waals surface area contributed by atoms with Crippen LogP contribution >= 0.6 is 0 Å². The predicted octanol–water partition coefficient (Wildman–Crippen LogP) is 4.51. The quantitative estimate of drug-likeness (QED) is 0.863. The third kappa shape index (κ3) is 4.09. The van der Waals surface area contributed by atoms with Crippen LogP contribution in [-0.4, -0.2) is 4.98 Å². The molecule has 0 aliphatic carbocycles. The lowest BCUT2D eigenvalue weighted by Gasteiger charge is -2.10. The van der Waals surface area contributed by atoms with Crippen LogP contribution in [0.3, 0.4) is 0 Å². The number of hydrogen-bond donors (Lipinski definition) is 1. The second kappa shape index (κ2) is 6.56. The van der Waals surface area contributed by atoms with E-state index in [2.05, 4.69) is 54.5 Å². The van der Waals surface area contributed by atoms with E-state index in [1.54, 1.807) is 0 Å². The molecule has 20 heavy (non-hydrogen) atoms. The summed E-state index contributed by atoms with van der Waals surface area (Å²) in [4.78, 5) is 4.47. The number of nitrogens with zero attached hydrogens (tertiary/aromatic N) is 1. The number of aryl methyl sites for hydroxylation is 2. The molecule has 106 valence electrons. The first-order chi connectivity index (χ1) is 9.54. The van der Waals surface area contributed by atoms with Crippen LogP contribution in [0.4, 0.5) is 5.69 Å². The molecule has 0 atom stereocenters. The average molecular weight is 268 g/mol. The minimum atomic E-state index is 0.709. The van der Waals surface area contributed by atoms with Gasteiger partial charge in [0.15, 0.2) is 0 Å². The zero-order chi connectivity index (χ0) is 14.5. The van der Waals surface area contributed by atoms with E-state index in [1.807, 2.05) is 19.9 Å². The van der Waals surface area contributed by atoms with Crippen LogP contribution in [-0.2, 0) is 13.0 Å². The zero-order valence-electron chi connectivity index (χ0n) is 12.9. The van der Waals surface area contributed by atoms with Crippen molar-refractivity contribution in [2.24, 2.45) is 5.92 Å². The van der Waals surface area contributed by atoms with Gasteiger partial charge in [0, 0.05) is 12.2 Å². The minimum absolute atomic E-state index is 0.709. The summed E-state index contributed by atoms with van der Waals surface area (Å²) < 4.78 is 0. The number of aromatic nitrogens is 1. The summed E-state index contributed by atoms with van der Waals surface area (Å²) in [5.41, 5.74) is 5.95. The summed E-state index contributed by atoms with van der Waals surface area (Å²) in [6, 6.07) is 13.0. The smallest absolute Gasteiger partial charge is 0.0606 e. The van der Waals surface area contributed by atoms with Crippen LogP contribution in [0.5, 0.6) is 0 Å². The van der Waals surface area contributed by atoms with E-state index in [0.717, 1.165) is 30.0 Å². The van der Waals surface area contributed by atoms with E-state index in [9.17, 15) is 0 Å². The fourth-order valence-electron chi connectivity index (χ4n) is 2.34. The van der Waals surface area contributed by atoms with Gasteiger partial charge in [-0.3, -0.25) is 4.98 Å². The number of anilines is 1. The van der Waals surface area contributed by atoms with Crippen LogP contribution < -0.4 is 5.32 Å². The Kier molecular flexibility index (Phi) is 4.78. The molecule has 2 heteroatoms. The lowest BCUT2D eigenvalue weighted by molar-refractivity contribution is 0.647. The highest BCUT2D eigenvalue weighted by Gasteiger charge is 2.01. The van der Waals surface area contributed by atoms with Gasteiger partial charge >= 0.3 is 0 Å². The molecular weight excluding hydrogens is 244 g/mol. The lowest BCUT2D eigenvalue weighted by Crippen LogP contribution is -2.03. The Morgan fingerprint density at radius 2 is 1.60 bits per heavy atom. The Morgan fingerprint density at radius 1 is 0.950 bits per heavy atom. The van der Waals surface area contributed by atoms with Gasteiger partial charge in [-0.15, -0.1) is 0 Å². The van der Waals surface area contributed by atoms with Crippen molar-refractivity contribution in [3.8, 4) is 0 Å². The van der Waals surface area contributed by atoms with Crippen LogP contribution in [0.25, 0.3) is 0 Å². The van der Waals surface area contributed by atoms with E-state index >= 15 is 0 Å². The van der Waals surface area contributed by atoms with Crippen LogP contribution in [0.2, 0.25) is 0 Å². The Morgan fingerprint density at radius 3 is 2.20 bits per heavy atom. The molecule has 0 saturated carbocycles. The molecule has 2 nitrogen and oxygen atoms in total. The van der Waals surface area contributed by atoms with Gasteiger partial charge in [0.1, 0.15) is 0 Å². The van der Waals surface area contributed by atoms with Crippen LogP contribution in [0, 0.1) is 19.8 Å². The van der Waals surface area contributed by atoms with Crippen molar-refractivity contribution in [3.63, 3.8) is 0 Å². The van der Waals surface area contributed by atoms with Crippen molar-refractivity contribution in [3.05, 3.63) is 58.9 Å². The van der Waals surface area contributed by atoms with Crippen molar-refractivity contribution in [1.29, 1.82) is 0 Å². The highest BCUT2D eigenvalue weighted by molar-refractivity contribution is 5.48. The molecule has 1 N–H and O–H groups in total. The number of nitrogens with one attached hydrogen (secondary N) is 1. The number of hydrogen-bond acceptors (Lipinski definition) is 2. The van der Waals surface area contributed by atoms with E-state index in [-0.39, 0.29) is 0 Å². The van der Waals surface area contributed by atoms with Crippen molar-refractivity contribution >= 4 is 5.69 Å². The predicted molar refractivity (Wildman–Crippen MR) is 86.0 cm³/mol. The summed E-state index contributed by atoms with van der Waals surface area (Å²) >= 11 is 0. The number of benzene rings is 1. The van der Waals surface area contributed by atoms with Crippen molar-refractivity contribution < 1.29 is 0 Å². The molecule has 1 aromatic carbocycles. The molecule has 0 aliphatic rings. The highest BCUT2D eigenvalue weighted by Crippen LogP contribution is 2.15. The van der Waals surface area contributed by atoms with Gasteiger partial charge in [-0.25, -0.2) is 0 Å². The molecule has 0 amide bonds. The maximum atomic E-state index is 4.47. The average Bonchev–Trinajstić information content (AvgIpc) is 2.39. The third-order valence-corrected chi connectivity index (χ3v) is 3.37. The molecule has 0 saturated heterocycles. The fourth-order valence-corrected chi connectivity index (χ4v) is 2.34. The SMILES string of the molecule is Cc1ccc(NCc2ccc(CC(C)C)cc2)c(C)n1. The summed E-state index contributed by atoms with van der Waals surface area (Å²) in [6.45, 7) is 9.41. The highest BCUT2D eigenvalue weighted by atomic mass is 14.9.